The van der Waals surface area contributed by atoms with Gasteiger partial charge in [-0.2, -0.15) is 0 Å². The third kappa shape index (κ3) is 4.03. The van der Waals surface area contributed by atoms with Crippen molar-refractivity contribution in [2.45, 2.75) is 45.7 Å². The molecule has 1 saturated heterocycles. The van der Waals surface area contributed by atoms with E-state index in [9.17, 15) is 9.18 Å². The molecular weight excluding hydrogens is 267 g/mol. The fourth-order valence-electron chi connectivity index (χ4n) is 2.89. The second kappa shape index (κ2) is 6.14. The number of benzene rings is 1. The number of rotatable bonds is 3. The molecule has 21 heavy (non-hydrogen) atoms. The largest absolute Gasteiger partial charge is 0.333 e. The molecule has 0 radical (unpaired) electrons. The first-order valence-electron chi connectivity index (χ1n) is 7.60. The summed E-state index contributed by atoms with van der Waals surface area (Å²) in [6.45, 7) is 9.91. The van der Waals surface area contributed by atoms with Crippen LogP contribution in [-0.2, 0) is 0 Å². The second-order valence-corrected chi connectivity index (χ2v) is 6.99. The van der Waals surface area contributed by atoms with Crippen LogP contribution < -0.4 is 5.32 Å². The highest BCUT2D eigenvalue weighted by atomic mass is 19.1. The van der Waals surface area contributed by atoms with Crippen LogP contribution in [0.1, 0.15) is 44.5 Å². The van der Waals surface area contributed by atoms with Crippen molar-refractivity contribution >= 4 is 5.91 Å². The highest BCUT2D eigenvalue weighted by molar-refractivity contribution is 5.94. The minimum Gasteiger partial charge on any atom is -0.333 e. The molecule has 1 N–H and O–H groups in total. The summed E-state index contributed by atoms with van der Waals surface area (Å²) in [5.74, 6) is 0.0752. The highest BCUT2D eigenvalue weighted by Gasteiger charge is 2.35. The number of hydrogen-bond acceptors (Lipinski definition) is 2. The van der Waals surface area contributed by atoms with Crippen molar-refractivity contribution in [3.63, 3.8) is 0 Å². The Morgan fingerprint density at radius 3 is 2.81 bits per heavy atom. The molecule has 0 aliphatic carbocycles. The van der Waals surface area contributed by atoms with Crippen molar-refractivity contribution in [2.75, 3.05) is 13.1 Å². The van der Waals surface area contributed by atoms with E-state index in [-0.39, 0.29) is 23.3 Å². The molecule has 1 aliphatic heterocycles. The zero-order valence-electron chi connectivity index (χ0n) is 13.3. The molecule has 1 aromatic rings. The summed E-state index contributed by atoms with van der Waals surface area (Å²) in [7, 11) is 0. The topological polar surface area (TPSA) is 32.3 Å². The first-order valence-corrected chi connectivity index (χ1v) is 7.60. The van der Waals surface area contributed by atoms with Gasteiger partial charge in [-0.3, -0.25) is 4.79 Å². The minimum absolute atomic E-state index is 0.0743. The fraction of sp³-hybridized carbons (Fsp3) is 0.588. The number of nitrogens with one attached hydrogen (secondary N) is 1. The standard InChI is InChI=1S/C17H25FN2O/c1-12(2)8-15-10-19-17(3,4)11-20(15)16(21)13-6-5-7-14(18)9-13/h5-7,9,12,15,19H,8,10-11H2,1-4H3. The Hall–Kier alpha value is -1.42. The number of carbonyl (C=O) groups excluding carboxylic acids is 1. The third-order valence-corrected chi connectivity index (χ3v) is 3.90. The van der Waals surface area contributed by atoms with Crippen molar-refractivity contribution in [3.8, 4) is 0 Å². The summed E-state index contributed by atoms with van der Waals surface area (Å²) in [4.78, 5) is 14.7. The number of halogens is 1. The van der Waals surface area contributed by atoms with Crippen molar-refractivity contribution in [3.05, 3.63) is 35.6 Å². The van der Waals surface area contributed by atoms with Crippen LogP contribution in [0.25, 0.3) is 0 Å². The maximum atomic E-state index is 13.4. The van der Waals surface area contributed by atoms with E-state index in [2.05, 4.69) is 33.0 Å². The van der Waals surface area contributed by atoms with Gasteiger partial charge in [-0.1, -0.05) is 19.9 Å². The van der Waals surface area contributed by atoms with Gasteiger partial charge in [0.2, 0.25) is 0 Å². The molecule has 1 heterocycles. The van der Waals surface area contributed by atoms with E-state index in [0.29, 0.717) is 18.0 Å². The van der Waals surface area contributed by atoms with Crippen LogP contribution in [0.15, 0.2) is 24.3 Å². The first-order chi connectivity index (χ1) is 9.78. The van der Waals surface area contributed by atoms with Crippen molar-refractivity contribution < 1.29 is 9.18 Å². The molecule has 0 spiro atoms. The Kier molecular flexibility index (Phi) is 4.67. The van der Waals surface area contributed by atoms with Gasteiger partial charge in [0, 0.05) is 30.2 Å². The predicted molar refractivity (Wildman–Crippen MR) is 82.8 cm³/mol. The van der Waals surface area contributed by atoms with Crippen LogP contribution >= 0.6 is 0 Å². The lowest BCUT2D eigenvalue weighted by Crippen LogP contribution is -2.63. The third-order valence-electron chi connectivity index (χ3n) is 3.90. The van der Waals surface area contributed by atoms with Crippen LogP contribution in [0.2, 0.25) is 0 Å². The predicted octanol–water partition coefficient (Wildman–Crippen LogP) is 3.06. The molecule has 2 rings (SSSR count). The molecule has 0 aromatic heterocycles. The van der Waals surface area contributed by atoms with E-state index in [1.165, 1.54) is 12.1 Å². The Balaban J connectivity index is 2.24. The molecule has 3 nitrogen and oxygen atoms in total. The molecule has 1 aliphatic rings. The summed E-state index contributed by atoms with van der Waals surface area (Å²) in [5, 5.41) is 3.49. The van der Waals surface area contributed by atoms with Gasteiger partial charge in [0.25, 0.3) is 5.91 Å². The maximum Gasteiger partial charge on any atom is 0.254 e. The number of piperazine rings is 1. The molecule has 1 aromatic carbocycles. The van der Waals surface area contributed by atoms with Gasteiger partial charge in [0.1, 0.15) is 5.82 Å². The average Bonchev–Trinajstić information content (AvgIpc) is 2.39. The minimum atomic E-state index is -0.365. The summed E-state index contributed by atoms with van der Waals surface area (Å²) in [5.41, 5.74) is 0.317. The van der Waals surface area contributed by atoms with Crippen LogP contribution in [0.5, 0.6) is 0 Å². The summed E-state index contributed by atoms with van der Waals surface area (Å²) in [6.07, 6.45) is 0.949. The fourth-order valence-corrected chi connectivity index (χ4v) is 2.89. The number of nitrogens with zero attached hydrogens (tertiary/aromatic N) is 1. The Labute approximate surface area is 126 Å². The monoisotopic (exact) mass is 292 g/mol. The first kappa shape index (κ1) is 16.0. The molecule has 0 saturated carbocycles. The van der Waals surface area contributed by atoms with Gasteiger partial charge < -0.3 is 10.2 Å². The van der Waals surface area contributed by atoms with Gasteiger partial charge in [-0.15, -0.1) is 0 Å². The van der Waals surface area contributed by atoms with E-state index in [1.807, 2.05) is 4.90 Å². The second-order valence-electron chi connectivity index (χ2n) is 6.99. The Morgan fingerprint density at radius 1 is 1.48 bits per heavy atom. The molecule has 0 bridgehead atoms. The molecule has 1 amide bonds. The van der Waals surface area contributed by atoms with Gasteiger partial charge in [-0.25, -0.2) is 4.39 Å². The zero-order valence-corrected chi connectivity index (χ0v) is 13.3. The van der Waals surface area contributed by atoms with Crippen molar-refractivity contribution in [1.29, 1.82) is 0 Å². The average molecular weight is 292 g/mol. The lowest BCUT2D eigenvalue weighted by Gasteiger charge is -2.45. The molecule has 1 unspecified atom stereocenters. The SMILES string of the molecule is CC(C)CC1CNC(C)(C)CN1C(=O)c1cccc(F)c1. The molecule has 1 fully saturated rings. The van der Waals surface area contributed by atoms with Crippen LogP contribution in [0.4, 0.5) is 4.39 Å². The van der Waals surface area contributed by atoms with E-state index in [1.54, 1.807) is 12.1 Å². The van der Waals surface area contributed by atoms with E-state index >= 15 is 0 Å². The lowest BCUT2D eigenvalue weighted by molar-refractivity contribution is 0.0467. The van der Waals surface area contributed by atoms with Crippen molar-refractivity contribution in [1.82, 2.24) is 10.2 Å². The van der Waals surface area contributed by atoms with Gasteiger partial charge in [0.05, 0.1) is 0 Å². The maximum absolute atomic E-state index is 13.4. The normalized spacial score (nSPS) is 21.6. The van der Waals surface area contributed by atoms with E-state index in [0.717, 1.165) is 13.0 Å². The van der Waals surface area contributed by atoms with Crippen LogP contribution in [0.3, 0.4) is 0 Å². The quantitative estimate of drug-likeness (QED) is 0.928. The van der Waals surface area contributed by atoms with Gasteiger partial charge >= 0.3 is 0 Å². The van der Waals surface area contributed by atoms with E-state index in [4.69, 9.17) is 0 Å². The molecule has 4 heteroatoms. The molecule has 1 atom stereocenters. The summed E-state index contributed by atoms with van der Waals surface area (Å²) >= 11 is 0. The Morgan fingerprint density at radius 2 is 2.19 bits per heavy atom. The molecule has 116 valence electrons. The van der Waals surface area contributed by atoms with Crippen LogP contribution in [-0.4, -0.2) is 35.5 Å². The van der Waals surface area contributed by atoms with Gasteiger partial charge in [-0.05, 0) is 44.4 Å². The lowest BCUT2D eigenvalue weighted by atomic mass is 9.93. The molecular formula is C17H25FN2O. The number of hydrogen-bond donors (Lipinski definition) is 1. The number of amides is 1. The van der Waals surface area contributed by atoms with Crippen LogP contribution in [0, 0.1) is 11.7 Å². The number of carbonyl (C=O) groups is 1. The van der Waals surface area contributed by atoms with Gasteiger partial charge in [0.15, 0.2) is 0 Å². The Bertz CT molecular complexity index is 513. The zero-order chi connectivity index (χ0) is 15.6. The highest BCUT2D eigenvalue weighted by Crippen LogP contribution is 2.22. The smallest absolute Gasteiger partial charge is 0.254 e. The van der Waals surface area contributed by atoms with E-state index < -0.39 is 0 Å². The summed E-state index contributed by atoms with van der Waals surface area (Å²) < 4.78 is 13.4. The van der Waals surface area contributed by atoms with Crippen molar-refractivity contribution in [2.24, 2.45) is 5.92 Å². The summed E-state index contributed by atoms with van der Waals surface area (Å²) in [6, 6.07) is 6.13.